The van der Waals surface area contributed by atoms with Gasteiger partial charge in [-0.2, -0.15) is 17.5 Å². The van der Waals surface area contributed by atoms with Gasteiger partial charge in [-0.25, -0.2) is 12.8 Å². The normalized spacial score (nSPS) is 15.2. The minimum absolute atomic E-state index is 0.0438. The first-order valence-corrected chi connectivity index (χ1v) is 11.9. The maximum absolute atomic E-state index is 14.8. The Morgan fingerprint density at radius 3 is 2.21 bits per heavy atom. The summed E-state index contributed by atoms with van der Waals surface area (Å²) in [6.07, 6.45) is -4.78. The molecule has 11 heteroatoms. The van der Waals surface area contributed by atoms with Gasteiger partial charge in [0.15, 0.2) is 0 Å². The van der Waals surface area contributed by atoms with E-state index in [4.69, 9.17) is 0 Å². The summed E-state index contributed by atoms with van der Waals surface area (Å²) in [4.78, 5) is 15.0. The van der Waals surface area contributed by atoms with Crippen LogP contribution in [0.25, 0.3) is 0 Å². The highest BCUT2D eigenvalue weighted by molar-refractivity contribution is 7.88. The zero-order chi connectivity index (χ0) is 24.2. The van der Waals surface area contributed by atoms with Crippen molar-refractivity contribution in [2.45, 2.75) is 25.4 Å². The van der Waals surface area contributed by atoms with Gasteiger partial charge >= 0.3 is 6.18 Å². The van der Waals surface area contributed by atoms with Gasteiger partial charge in [0.1, 0.15) is 12.4 Å². The topological polar surface area (TPSA) is 60.9 Å². The Hall–Kier alpha value is -2.66. The number of rotatable bonds is 7. The Kier molecular flexibility index (Phi) is 7.63. The molecule has 1 aliphatic rings. The quantitative estimate of drug-likeness (QED) is 0.562. The van der Waals surface area contributed by atoms with Crippen LogP contribution < -0.4 is 4.90 Å². The van der Waals surface area contributed by atoms with Crippen molar-refractivity contribution >= 4 is 21.6 Å². The number of hydrogen-bond donors (Lipinski definition) is 0. The molecule has 0 aromatic heterocycles. The summed E-state index contributed by atoms with van der Waals surface area (Å²) < 4.78 is 80.0. The van der Waals surface area contributed by atoms with Gasteiger partial charge in [0.2, 0.25) is 15.9 Å². The second-order valence-electron chi connectivity index (χ2n) is 7.89. The van der Waals surface area contributed by atoms with Gasteiger partial charge in [0.05, 0.1) is 5.75 Å². The van der Waals surface area contributed by atoms with Crippen LogP contribution in [0.4, 0.5) is 23.2 Å². The molecule has 1 amide bonds. The van der Waals surface area contributed by atoms with E-state index in [1.54, 1.807) is 29.2 Å². The molecule has 1 saturated heterocycles. The van der Waals surface area contributed by atoms with E-state index in [1.165, 1.54) is 31.2 Å². The lowest BCUT2D eigenvalue weighted by atomic mass is 10.1. The van der Waals surface area contributed by atoms with Crippen molar-refractivity contribution in [3.63, 3.8) is 0 Å². The average Bonchev–Trinajstić information content (AvgIpc) is 2.74. The zero-order valence-electron chi connectivity index (χ0n) is 18.1. The standard InChI is InChI=1S/C22H25F4N3O3S/c1-17(30)27-9-11-28(12-10-27)20-8-7-19(21(23)13-20)14-29(16-22(24,25)26)33(31,32)15-18-5-3-2-4-6-18/h2-8,13H,9-12,14-16H2,1H3. The number of nitrogens with zero attached hydrogens (tertiary/aromatic N) is 3. The number of halogens is 4. The molecule has 33 heavy (non-hydrogen) atoms. The molecule has 1 fully saturated rings. The van der Waals surface area contributed by atoms with Gasteiger partial charge in [-0.1, -0.05) is 36.4 Å². The minimum Gasteiger partial charge on any atom is -0.368 e. The summed E-state index contributed by atoms with van der Waals surface area (Å²) >= 11 is 0. The Morgan fingerprint density at radius 2 is 1.67 bits per heavy atom. The first-order chi connectivity index (χ1) is 15.4. The minimum atomic E-state index is -4.78. The number of amides is 1. The first-order valence-electron chi connectivity index (χ1n) is 10.3. The molecule has 0 unspecified atom stereocenters. The molecule has 0 atom stereocenters. The van der Waals surface area contributed by atoms with Crippen molar-refractivity contribution < 1.29 is 30.8 Å². The van der Waals surface area contributed by atoms with Crippen molar-refractivity contribution in [1.29, 1.82) is 0 Å². The summed E-state index contributed by atoms with van der Waals surface area (Å²) in [6.45, 7) is 0.970. The maximum atomic E-state index is 14.8. The molecule has 1 heterocycles. The summed E-state index contributed by atoms with van der Waals surface area (Å²) in [6, 6.07) is 11.9. The number of carbonyl (C=O) groups excluding carboxylic acids is 1. The molecule has 2 aromatic rings. The van der Waals surface area contributed by atoms with Crippen LogP contribution in [0.1, 0.15) is 18.1 Å². The lowest BCUT2D eigenvalue weighted by Crippen LogP contribution is -2.48. The van der Waals surface area contributed by atoms with Crippen molar-refractivity contribution in [2.75, 3.05) is 37.6 Å². The predicted octanol–water partition coefficient (Wildman–Crippen LogP) is 3.39. The smallest absolute Gasteiger partial charge is 0.368 e. The molecular formula is C22H25F4N3O3S. The van der Waals surface area contributed by atoms with E-state index >= 15 is 0 Å². The third kappa shape index (κ3) is 6.91. The Morgan fingerprint density at radius 1 is 1.03 bits per heavy atom. The van der Waals surface area contributed by atoms with Gasteiger partial charge in [-0.3, -0.25) is 4.79 Å². The number of sulfonamides is 1. The molecule has 0 saturated carbocycles. The summed E-state index contributed by atoms with van der Waals surface area (Å²) in [7, 11) is -4.37. The van der Waals surface area contributed by atoms with E-state index in [0.29, 0.717) is 37.4 Å². The van der Waals surface area contributed by atoms with E-state index in [-0.39, 0.29) is 15.8 Å². The molecule has 6 nitrogen and oxygen atoms in total. The molecule has 3 rings (SSSR count). The highest BCUT2D eigenvalue weighted by atomic mass is 32.2. The lowest BCUT2D eigenvalue weighted by molar-refractivity contribution is -0.137. The van der Waals surface area contributed by atoms with Gasteiger partial charge < -0.3 is 9.80 Å². The largest absolute Gasteiger partial charge is 0.402 e. The molecule has 0 bridgehead atoms. The average molecular weight is 488 g/mol. The maximum Gasteiger partial charge on any atom is 0.402 e. The lowest BCUT2D eigenvalue weighted by Gasteiger charge is -2.35. The van der Waals surface area contributed by atoms with Crippen LogP contribution in [0.3, 0.4) is 0 Å². The van der Waals surface area contributed by atoms with Gasteiger partial charge in [0.25, 0.3) is 0 Å². The van der Waals surface area contributed by atoms with E-state index < -0.39 is 40.9 Å². The van der Waals surface area contributed by atoms with Crippen LogP contribution in [-0.4, -0.2) is 62.4 Å². The highest BCUT2D eigenvalue weighted by Crippen LogP contribution is 2.26. The second-order valence-corrected chi connectivity index (χ2v) is 9.86. The van der Waals surface area contributed by atoms with Crippen LogP contribution in [0.15, 0.2) is 48.5 Å². The molecule has 1 aliphatic heterocycles. The summed E-state index contributed by atoms with van der Waals surface area (Å²) in [5, 5.41) is 0. The third-order valence-electron chi connectivity index (χ3n) is 5.41. The highest BCUT2D eigenvalue weighted by Gasteiger charge is 2.36. The first kappa shape index (κ1) is 25.0. The van der Waals surface area contributed by atoms with Crippen LogP contribution in [-0.2, 0) is 27.1 Å². The number of hydrogen-bond acceptors (Lipinski definition) is 4. The molecule has 0 N–H and O–H groups in total. The number of anilines is 1. The van der Waals surface area contributed by atoms with Crippen LogP contribution in [0.2, 0.25) is 0 Å². The summed E-state index contributed by atoms with van der Waals surface area (Å²) in [5.41, 5.74) is 0.709. The fourth-order valence-corrected chi connectivity index (χ4v) is 5.13. The molecule has 0 aliphatic carbocycles. The van der Waals surface area contributed by atoms with E-state index in [1.807, 2.05) is 4.90 Å². The fraction of sp³-hybridized carbons (Fsp3) is 0.409. The van der Waals surface area contributed by atoms with Crippen molar-refractivity contribution in [1.82, 2.24) is 9.21 Å². The van der Waals surface area contributed by atoms with E-state index in [0.717, 1.165) is 0 Å². The van der Waals surface area contributed by atoms with Gasteiger partial charge in [0, 0.05) is 50.9 Å². The van der Waals surface area contributed by atoms with Crippen molar-refractivity contribution in [3.8, 4) is 0 Å². The van der Waals surface area contributed by atoms with Gasteiger partial charge in [-0.05, 0) is 17.7 Å². The van der Waals surface area contributed by atoms with Crippen molar-refractivity contribution in [2.24, 2.45) is 0 Å². The predicted molar refractivity (Wildman–Crippen MR) is 116 cm³/mol. The monoisotopic (exact) mass is 487 g/mol. The number of carbonyl (C=O) groups is 1. The van der Waals surface area contributed by atoms with Gasteiger partial charge in [-0.15, -0.1) is 0 Å². The summed E-state index contributed by atoms with van der Waals surface area (Å²) in [5.74, 6) is -1.45. The van der Waals surface area contributed by atoms with E-state index in [2.05, 4.69) is 0 Å². The molecular weight excluding hydrogens is 462 g/mol. The molecule has 180 valence electrons. The van der Waals surface area contributed by atoms with Crippen LogP contribution in [0, 0.1) is 5.82 Å². The van der Waals surface area contributed by atoms with Crippen LogP contribution >= 0.6 is 0 Å². The molecule has 0 spiro atoms. The van der Waals surface area contributed by atoms with Crippen LogP contribution in [0.5, 0.6) is 0 Å². The Balaban J connectivity index is 1.78. The number of piperazine rings is 1. The Bertz CT molecular complexity index is 1070. The van der Waals surface area contributed by atoms with Crippen molar-refractivity contribution in [3.05, 3.63) is 65.5 Å². The molecule has 0 radical (unpaired) electrons. The number of alkyl halides is 3. The van der Waals surface area contributed by atoms with E-state index in [9.17, 15) is 30.8 Å². The second kappa shape index (κ2) is 10.1. The fourth-order valence-electron chi connectivity index (χ4n) is 3.66. The zero-order valence-corrected chi connectivity index (χ0v) is 18.9. The molecule has 2 aromatic carbocycles. The SMILES string of the molecule is CC(=O)N1CCN(c2ccc(CN(CC(F)(F)F)S(=O)(=O)Cc3ccccc3)c(F)c2)CC1. The third-order valence-corrected chi connectivity index (χ3v) is 7.16. The Labute approximate surface area is 190 Å². The number of benzene rings is 2.